The molecule has 1 aliphatic carbocycles. The molecule has 5 nitrogen and oxygen atoms in total. The highest BCUT2D eigenvalue weighted by molar-refractivity contribution is 5.44. The Bertz CT molecular complexity index is 538. The van der Waals surface area contributed by atoms with Gasteiger partial charge in [-0.3, -0.25) is 0 Å². The molecule has 0 aromatic rings. The maximum atomic E-state index is 10.7. The van der Waals surface area contributed by atoms with Crippen LogP contribution in [0.2, 0.25) is 0 Å². The fourth-order valence-electron chi connectivity index (χ4n) is 4.02. The van der Waals surface area contributed by atoms with Gasteiger partial charge in [-0.15, -0.1) is 0 Å². The lowest BCUT2D eigenvalue weighted by Crippen LogP contribution is -2.59. The molecule has 3 N–H and O–H groups in total. The van der Waals surface area contributed by atoms with Gasteiger partial charge in [-0.05, 0) is 37.8 Å². The van der Waals surface area contributed by atoms with Gasteiger partial charge in [-0.25, -0.2) is 0 Å². The van der Waals surface area contributed by atoms with E-state index < -0.39 is 29.5 Å². The molecule has 24 heavy (non-hydrogen) atoms. The van der Waals surface area contributed by atoms with Crippen LogP contribution in [0.3, 0.4) is 0 Å². The van der Waals surface area contributed by atoms with Crippen LogP contribution < -0.4 is 0 Å². The molecule has 3 aliphatic rings. The van der Waals surface area contributed by atoms with Crippen molar-refractivity contribution in [1.82, 2.24) is 0 Å². The second kappa shape index (κ2) is 6.54. The van der Waals surface area contributed by atoms with Crippen molar-refractivity contribution in [1.29, 1.82) is 0 Å². The molecule has 3 rings (SSSR count). The average Bonchev–Trinajstić information content (AvgIpc) is 3.25. The zero-order chi connectivity index (χ0) is 17.5. The first kappa shape index (κ1) is 18.1. The lowest BCUT2D eigenvalue weighted by Gasteiger charge is -2.46. The standard InChI is InChI=1S/C19H30O5/c1-4-5-6-7-8-9-12-13(11-20)16-19(17(24-19)15(12)22)10-14(21)18(2,3)23-16/h8-9,14-17,20-22H,4-7,10-11H2,1-3H3/b9-8-/t14-,15+,16-,17-,19+/m0/s1. The molecule has 0 saturated carbocycles. The van der Waals surface area contributed by atoms with Crippen molar-refractivity contribution in [3.8, 4) is 0 Å². The summed E-state index contributed by atoms with van der Waals surface area (Å²) < 4.78 is 12.0. The first-order valence-corrected chi connectivity index (χ1v) is 9.09. The van der Waals surface area contributed by atoms with Crippen LogP contribution in [0, 0.1) is 0 Å². The third-order valence-corrected chi connectivity index (χ3v) is 5.69. The summed E-state index contributed by atoms with van der Waals surface area (Å²) >= 11 is 0. The highest BCUT2D eigenvalue weighted by Gasteiger charge is 2.72. The summed E-state index contributed by atoms with van der Waals surface area (Å²) in [4.78, 5) is 0. The van der Waals surface area contributed by atoms with Gasteiger partial charge < -0.3 is 24.8 Å². The van der Waals surface area contributed by atoms with Gasteiger partial charge in [0.15, 0.2) is 0 Å². The first-order valence-electron chi connectivity index (χ1n) is 9.09. The molecule has 0 amide bonds. The van der Waals surface area contributed by atoms with Crippen LogP contribution in [-0.2, 0) is 9.47 Å². The molecule has 1 spiro atoms. The van der Waals surface area contributed by atoms with E-state index in [2.05, 4.69) is 13.0 Å². The summed E-state index contributed by atoms with van der Waals surface area (Å²) in [5, 5.41) is 30.9. The molecule has 0 unspecified atom stereocenters. The Kier molecular flexibility index (Phi) is 4.93. The predicted molar refractivity (Wildman–Crippen MR) is 90.6 cm³/mol. The third kappa shape index (κ3) is 2.86. The number of aliphatic hydroxyl groups excluding tert-OH is 3. The number of aliphatic hydroxyl groups is 3. The van der Waals surface area contributed by atoms with Crippen molar-refractivity contribution < 1.29 is 24.8 Å². The highest BCUT2D eigenvalue weighted by Crippen LogP contribution is 2.57. The molecule has 0 aromatic heterocycles. The monoisotopic (exact) mass is 338 g/mol. The SMILES string of the molecule is CCCCC/C=C\C1=C(CO)[C@@H]2OC(C)(C)[C@@H](O)C[C@@]23O[C@H]3[C@@H]1O. The molecule has 0 bridgehead atoms. The minimum Gasteiger partial charge on any atom is -0.392 e. The van der Waals surface area contributed by atoms with Gasteiger partial charge in [0, 0.05) is 6.42 Å². The highest BCUT2D eigenvalue weighted by atomic mass is 16.7. The number of epoxide rings is 1. The third-order valence-electron chi connectivity index (χ3n) is 5.69. The number of hydrogen-bond donors (Lipinski definition) is 3. The normalized spacial score (nSPS) is 40.6. The zero-order valence-corrected chi connectivity index (χ0v) is 14.9. The molecule has 2 heterocycles. The number of hydrogen-bond acceptors (Lipinski definition) is 5. The van der Waals surface area contributed by atoms with E-state index in [0.717, 1.165) is 12.8 Å². The van der Waals surface area contributed by atoms with Crippen molar-refractivity contribution in [3.63, 3.8) is 0 Å². The van der Waals surface area contributed by atoms with Gasteiger partial charge in [-0.2, -0.15) is 0 Å². The van der Waals surface area contributed by atoms with Crippen molar-refractivity contribution in [2.24, 2.45) is 0 Å². The molecule has 2 aliphatic heterocycles. The molecule has 5 heteroatoms. The van der Waals surface area contributed by atoms with Gasteiger partial charge in [0.05, 0.1) is 18.3 Å². The smallest absolute Gasteiger partial charge is 0.130 e. The van der Waals surface area contributed by atoms with Crippen molar-refractivity contribution in [2.45, 2.75) is 88.5 Å². The Hall–Kier alpha value is -0.720. The van der Waals surface area contributed by atoms with Gasteiger partial charge in [-0.1, -0.05) is 31.9 Å². The molecular formula is C19H30O5. The van der Waals surface area contributed by atoms with E-state index in [-0.39, 0.29) is 12.7 Å². The summed E-state index contributed by atoms with van der Waals surface area (Å²) in [6.45, 7) is 5.69. The Morgan fingerprint density at radius 1 is 1.21 bits per heavy atom. The van der Waals surface area contributed by atoms with Crippen LogP contribution in [0.15, 0.2) is 23.3 Å². The number of allylic oxidation sites excluding steroid dienone is 1. The van der Waals surface area contributed by atoms with Crippen LogP contribution in [0.1, 0.15) is 52.9 Å². The molecule has 0 aromatic carbocycles. The topological polar surface area (TPSA) is 82.5 Å². The van der Waals surface area contributed by atoms with Gasteiger partial charge >= 0.3 is 0 Å². The van der Waals surface area contributed by atoms with Crippen molar-refractivity contribution >= 4 is 0 Å². The van der Waals surface area contributed by atoms with E-state index in [1.165, 1.54) is 12.8 Å². The Balaban J connectivity index is 1.85. The molecule has 2 saturated heterocycles. The van der Waals surface area contributed by atoms with Crippen molar-refractivity contribution in [3.05, 3.63) is 23.3 Å². The van der Waals surface area contributed by atoms with Gasteiger partial charge in [0.25, 0.3) is 0 Å². The fraction of sp³-hybridized carbons (Fsp3) is 0.789. The van der Waals surface area contributed by atoms with Crippen LogP contribution in [0.4, 0.5) is 0 Å². The van der Waals surface area contributed by atoms with E-state index in [4.69, 9.17) is 9.47 Å². The maximum absolute atomic E-state index is 10.7. The second-order valence-corrected chi connectivity index (χ2v) is 7.80. The first-order chi connectivity index (χ1) is 11.4. The van der Waals surface area contributed by atoms with E-state index in [0.29, 0.717) is 17.6 Å². The maximum Gasteiger partial charge on any atom is 0.130 e. The number of unbranched alkanes of at least 4 members (excludes halogenated alkanes) is 3. The predicted octanol–water partition coefficient (Wildman–Crippen LogP) is 1.85. The molecular weight excluding hydrogens is 308 g/mol. The van der Waals surface area contributed by atoms with Crippen LogP contribution in [0.5, 0.6) is 0 Å². The quantitative estimate of drug-likeness (QED) is 0.509. The van der Waals surface area contributed by atoms with Gasteiger partial charge in [0.2, 0.25) is 0 Å². The molecule has 136 valence electrons. The Morgan fingerprint density at radius 3 is 2.62 bits per heavy atom. The summed E-state index contributed by atoms with van der Waals surface area (Å²) in [6.07, 6.45) is 6.62. The van der Waals surface area contributed by atoms with Crippen molar-refractivity contribution in [2.75, 3.05) is 6.61 Å². The summed E-state index contributed by atoms with van der Waals surface area (Å²) in [5.74, 6) is 0. The van der Waals surface area contributed by atoms with E-state index in [9.17, 15) is 15.3 Å². The lowest BCUT2D eigenvalue weighted by atomic mass is 9.73. The largest absolute Gasteiger partial charge is 0.392 e. The van der Waals surface area contributed by atoms with Crippen LogP contribution in [-0.4, -0.2) is 57.5 Å². The van der Waals surface area contributed by atoms with Gasteiger partial charge in [0.1, 0.15) is 23.9 Å². The molecule has 5 atom stereocenters. The van der Waals surface area contributed by atoms with E-state index in [1.54, 1.807) is 0 Å². The summed E-state index contributed by atoms with van der Waals surface area (Å²) in [6, 6.07) is 0. The average molecular weight is 338 g/mol. The fourth-order valence-corrected chi connectivity index (χ4v) is 4.02. The Morgan fingerprint density at radius 2 is 1.96 bits per heavy atom. The lowest BCUT2D eigenvalue weighted by molar-refractivity contribution is -0.190. The Labute approximate surface area is 144 Å². The zero-order valence-electron chi connectivity index (χ0n) is 14.9. The molecule has 2 fully saturated rings. The second-order valence-electron chi connectivity index (χ2n) is 7.80. The van der Waals surface area contributed by atoms with E-state index >= 15 is 0 Å². The minimum atomic E-state index is -0.775. The molecule has 0 radical (unpaired) electrons. The summed E-state index contributed by atoms with van der Waals surface area (Å²) in [7, 11) is 0. The number of ether oxygens (including phenoxy) is 2. The van der Waals surface area contributed by atoms with Crippen LogP contribution >= 0.6 is 0 Å². The minimum absolute atomic E-state index is 0.180. The summed E-state index contributed by atoms with van der Waals surface area (Å²) in [5.41, 5.74) is 0.00381. The van der Waals surface area contributed by atoms with Crippen LogP contribution in [0.25, 0.3) is 0 Å². The van der Waals surface area contributed by atoms with E-state index in [1.807, 2.05) is 19.9 Å². The number of rotatable bonds is 6.